The number of benzene rings is 3. The van der Waals surface area contributed by atoms with E-state index in [1.54, 1.807) is 0 Å². The molecule has 1 heterocycles. The summed E-state index contributed by atoms with van der Waals surface area (Å²) in [7, 11) is 0. The van der Waals surface area contributed by atoms with Crippen LogP contribution < -0.4 is 0 Å². The summed E-state index contributed by atoms with van der Waals surface area (Å²) in [4.78, 5) is 27.4. The molecule has 0 aliphatic carbocycles. The molecule has 2 amide bonds. The van der Waals surface area contributed by atoms with E-state index in [-0.39, 0.29) is 17.7 Å². The van der Waals surface area contributed by atoms with E-state index in [0.717, 1.165) is 16.7 Å². The molecule has 4 rings (SSSR count). The van der Waals surface area contributed by atoms with E-state index in [1.165, 1.54) is 11.8 Å². The van der Waals surface area contributed by atoms with Gasteiger partial charge in [0.05, 0.1) is 11.6 Å². The van der Waals surface area contributed by atoms with Gasteiger partial charge in [-0.25, -0.2) is 4.90 Å². The lowest BCUT2D eigenvalue weighted by Crippen LogP contribution is -2.42. The molecular weight excluding hydrogens is 346 g/mol. The number of imide groups is 1. The zero-order valence-corrected chi connectivity index (χ0v) is 15.7. The molecule has 0 aromatic heterocycles. The lowest BCUT2D eigenvalue weighted by atomic mass is 9.77. The predicted octanol–water partition coefficient (Wildman–Crippen LogP) is 4.98. The van der Waals surface area contributed by atoms with E-state index in [2.05, 4.69) is 6.08 Å². The van der Waals surface area contributed by atoms with Crippen LogP contribution in [0, 0.1) is 0 Å². The minimum absolute atomic E-state index is 0.151. The molecule has 0 radical (unpaired) electrons. The molecule has 0 saturated carbocycles. The van der Waals surface area contributed by atoms with Crippen LogP contribution in [-0.2, 0) is 9.59 Å². The maximum Gasteiger partial charge on any atom is 0.242 e. The Labute approximate surface area is 164 Å². The molecule has 0 spiro atoms. The minimum Gasteiger partial charge on any atom is -0.274 e. The lowest BCUT2D eigenvalue weighted by Gasteiger charge is -2.36. The summed E-state index contributed by atoms with van der Waals surface area (Å²) in [6.07, 6.45) is 2.06. The smallest absolute Gasteiger partial charge is 0.242 e. The summed E-state index contributed by atoms with van der Waals surface area (Å²) >= 11 is 0. The first-order valence-electron chi connectivity index (χ1n) is 9.38. The Morgan fingerprint density at radius 1 is 0.750 bits per heavy atom. The molecule has 3 aromatic carbocycles. The van der Waals surface area contributed by atoms with Gasteiger partial charge in [0.2, 0.25) is 11.8 Å². The zero-order chi connectivity index (χ0) is 19.5. The highest BCUT2D eigenvalue weighted by atomic mass is 16.2. The van der Waals surface area contributed by atoms with Gasteiger partial charge in [-0.2, -0.15) is 0 Å². The van der Waals surface area contributed by atoms with Gasteiger partial charge in [-0.15, -0.1) is 0 Å². The van der Waals surface area contributed by atoms with Gasteiger partial charge in [0, 0.05) is 12.8 Å². The van der Waals surface area contributed by atoms with Crippen LogP contribution in [0.4, 0.5) is 0 Å². The van der Waals surface area contributed by atoms with E-state index >= 15 is 0 Å². The minimum atomic E-state index is -0.444. The summed E-state index contributed by atoms with van der Waals surface area (Å²) in [5, 5.41) is 0. The normalized spacial score (nSPS) is 19.2. The van der Waals surface area contributed by atoms with Crippen LogP contribution in [0.3, 0.4) is 0 Å². The summed E-state index contributed by atoms with van der Waals surface area (Å²) in [6.45, 7) is 1.44. The maximum absolute atomic E-state index is 13.6. The molecule has 28 heavy (non-hydrogen) atoms. The Balaban J connectivity index is 1.93. The molecule has 1 aliphatic rings. The standard InChI is InChI=1S/C25H21NO2/c1-18(27)26-23(20-13-7-3-8-14-20)17-22(19-11-5-2-6-12-19)24(25(26)28)21-15-9-4-10-16-21/h2-17,22,24H,1H3. The fraction of sp³-hybridized carbons (Fsp3) is 0.120. The second-order valence-electron chi connectivity index (χ2n) is 6.94. The quantitative estimate of drug-likeness (QED) is 0.654. The number of nitrogens with zero attached hydrogens (tertiary/aromatic N) is 1. The van der Waals surface area contributed by atoms with Crippen LogP contribution in [0.15, 0.2) is 97.1 Å². The van der Waals surface area contributed by atoms with Crippen molar-refractivity contribution >= 4 is 17.5 Å². The maximum atomic E-state index is 13.6. The van der Waals surface area contributed by atoms with E-state index < -0.39 is 5.92 Å². The average molecular weight is 367 g/mol. The van der Waals surface area contributed by atoms with Gasteiger partial charge in [0.1, 0.15) is 0 Å². The van der Waals surface area contributed by atoms with Crippen LogP contribution in [-0.4, -0.2) is 16.7 Å². The molecule has 0 saturated heterocycles. The summed E-state index contributed by atoms with van der Waals surface area (Å²) in [6, 6.07) is 29.3. The third-order valence-corrected chi connectivity index (χ3v) is 5.15. The number of hydrogen-bond donors (Lipinski definition) is 0. The van der Waals surface area contributed by atoms with Crippen molar-refractivity contribution in [2.45, 2.75) is 18.8 Å². The second-order valence-corrected chi connectivity index (χ2v) is 6.94. The first-order chi connectivity index (χ1) is 13.7. The number of amides is 2. The Bertz CT molecular complexity index is 1010. The van der Waals surface area contributed by atoms with Gasteiger partial charge in [-0.1, -0.05) is 97.1 Å². The predicted molar refractivity (Wildman–Crippen MR) is 110 cm³/mol. The van der Waals surface area contributed by atoms with Crippen LogP contribution in [0.5, 0.6) is 0 Å². The van der Waals surface area contributed by atoms with Crippen molar-refractivity contribution in [1.29, 1.82) is 0 Å². The van der Waals surface area contributed by atoms with Crippen LogP contribution in [0.25, 0.3) is 5.70 Å². The fourth-order valence-corrected chi connectivity index (χ4v) is 3.89. The first-order valence-corrected chi connectivity index (χ1v) is 9.38. The topological polar surface area (TPSA) is 37.4 Å². The van der Waals surface area contributed by atoms with E-state index in [4.69, 9.17) is 0 Å². The molecule has 0 N–H and O–H groups in total. The molecule has 2 unspecified atom stereocenters. The van der Waals surface area contributed by atoms with Gasteiger partial charge >= 0.3 is 0 Å². The van der Waals surface area contributed by atoms with Crippen LogP contribution in [0.2, 0.25) is 0 Å². The SMILES string of the molecule is CC(=O)N1C(=O)C(c2ccccc2)C(c2ccccc2)C=C1c1ccccc1. The summed E-state index contributed by atoms with van der Waals surface area (Å²) in [5.74, 6) is -1.05. The average Bonchev–Trinajstić information content (AvgIpc) is 2.74. The van der Waals surface area contributed by atoms with Gasteiger partial charge in [-0.3, -0.25) is 9.59 Å². The third kappa shape index (κ3) is 3.27. The van der Waals surface area contributed by atoms with Crippen LogP contribution >= 0.6 is 0 Å². The number of allylic oxidation sites excluding steroid dienone is 1. The fourth-order valence-electron chi connectivity index (χ4n) is 3.89. The Morgan fingerprint density at radius 3 is 1.79 bits per heavy atom. The molecule has 3 aromatic rings. The van der Waals surface area contributed by atoms with E-state index in [0.29, 0.717) is 5.70 Å². The Kier molecular flexibility index (Phi) is 4.90. The highest BCUT2D eigenvalue weighted by Gasteiger charge is 2.40. The number of carbonyl (C=O) groups excluding carboxylic acids is 2. The number of rotatable bonds is 3. The summed E-state index contributed by atoms with van der Waals surface area (Å²) in [5.41, 5.74) is 3.48. The van der Waals surface area contributed by atoms with Gasteiger partial charge in [0.15, 0.2) is 0 Å². The molecular formula is C25H21NO2. The molecule has 0 bridgehead atoms. The number of carbonyl (C=O) groups is 2. The first kappa shape index (κ1) is 17.9. The molecule has 3 nitrogen and oxygen atoms in total. The highest BCUT2D eigenvalue weighted by Crippen LogP contribution is 2.43. The molecule has 2 atom stereocenters. The third-order valence-electron chi connectivity index (χ3n) is 5.15. The molecule has 3 heteroatoms. The van der Waals surface area contributed by atoms with Gasteiger partial charge < -0.3 is 0 Å². The molecule has 0 fully saturated rings. The van der Waals surface area contributed by atoms with Crippen LogP contribution in [0.1, 0.15) is 35.4 Å². The molecule has 138 valence electrons. The van der Waals surface area contributed by atoms with Gasteiger partial charge in [0.25, 0.3) is 0 Å². The van der Waals surface area contributed by atoms with Crippen molar-refractivity contribution in [3.63, 3.8) is 0 Å². The van der Waals surface area contributed by atoms with Crippen molar-refractivity contribution < 1.29 is 9.59 Å². The van der Waals surface area contributed by atoms with E-state index in [1.807, 2.05) is 91.0 Å². The van der Waals surface area contributed by atoms with Gasteiger partial charge in [-0.05, 0) is 16.7 Å². The van der Waals surface area contributed by atoms with Crippen molar-refractivity contribution in [1.82, 2.24) is 4.90 Å². The Hall–Kier alpha value is -3.46. The van der Waals surface area contributed by atoms with E-state index in [9.17, 15) is 9.59 Å². The molecule has 1 aliphatic heterocycles. The largest absolute Gasteiger partial charge is 0.274 e. The monoisotopic (exact) mass is 367 g/mol. The summed E-state index contributed by atoms with van der Waals surface area (Å²) < 4.78 is 0. The lowest BCUT2D eigenvalue weighted by molar-refractivity contribution is -0.140. The highest BCUT2D eigenvalue weighted by molar-refractivity contribution is 6.07. The van der Waals surface area contributed by atoms with Crippen molar-refractivity contribution in [3.05, 3.63) is 114 Å². The number of hydrogen-bond acceptors (Lipinski definition) is 2. The van der Waals surface area contributed by atoms with Crippen molar-refractivity contribution in [2.75, 3.05) is 0 Å². The van der Waals surface area contributed by atoms with Crippen molar-refractivity contribution in [2.24, 2.45) is 0 Å². The van der Waals surface area contributed by atoms with Crippen molar-refractivity contribution in [3.8, 4) is 0 Å². The second kappa shape index (κ2) is 7.65. The Morgan fingerprint density at radius 2 is 1.25 bits per heavy atom. The zero-order valence-electron chi connectivity index (χ0n) is 15.7.